The van der Waals surface area contributed by atoms with E-state index in [0.717, 1.165) is 19.3 Å². The molecule has 0 radical (unpaired) electrons. The van der Waals surface area contributed by atoms with Crippen LogP contribution in [0.15, 0.2) is 36.5 Å². The number of nitrogens with zero attached hydrogens (tertiary/aromatic N) is 2. The molecule has 2 unspecified atom stereocenters. The van der Waals surface area contributed by atoms with Gasteiger partial charge in [0.2, 0.25) is 5.91 Å². The molecule has 1 amide bonds. The van der Waals surface area contributed by atoms with Crippen molar-refractivity contribution in [2.45, 2.75) is 38.3 Å². The highest BCUT2D eigenvalue weighted by molar-refractivity contribution is 5.93. The number of fused-ring (bicyclic) bond motifs is 1. The molecular formula is C16H20N4O. The number of aryl methyl sites for hydroxylation is 1. The second-order valence-corrected chi connectivity index (χ2v) is 5.55. The molecule has 3 N–H and O–H groups in total. The lowest BCUT2D eigenvalue weighted by Gasteiger charge is -2.27. The zero-order chi connectivity index (χ0) is 14.8. The minimum absolute atomic E-state index is 0.174. The normalized spacial score (nSPS) is 18.9. The molecule has 0 bridgehead atoms. The first-order valence-corrected chi connectivity index (χ1v) is 7.34. The Hall–Kier alpha value is -2.14. The molecule has 1 heterocycles. The van der Waals surface area contributed by atoms with Gasteiger partial charge in [-0.3, -0.25) is 4.79 Å². The highest BCUT2D eigenvalue weighted by atomic mass is 16.2. The van der Waals surface area contributed by atoms with E-state index in [1.165, 1.54) is 11.1 Å². The van der Waals surface area contributed by atoms with Gasteiger partial charge < -0.3 is 11.1 Å². The monoisotopic (exact) mass is 284 g/mol. The Balaban J connectivity index is 1.92. The van der Waals surface area contributed by atoms with Crippen LogP contribution >= 0.6 is 0 Å². The van der Waals surface area contributed by atoms with Crippen molar-refractivity contribution in [1.82, 2.24) is 9.78 Å². The average molecular weight is 284 g/mol. The van der Waals surface area contributed by atoms with Crippen molar-refractivity contribution in [2.24, 2.45) is 5.73 Å². The molecule has 0 spiro atoms. The lowest BCUT2D eigenvalue weighted by Crippen LogP contribution is -2.33. The lowest BCUT2D eigenvalue weighted by molar-refractivity contribution is -0.117. The zero-order valence-corrected chi connectivity index (χ0v) is 12.1. The van der Waals surface area contributed by atoms with E-state index in [1.54, 1.807) is 13.1 Å². The number of rotatable bonds is 3. The van der Waals surface area contributed by atoms with Gasteiger partial charge in [0.25, 0.3) is 0 Å². The zero-order valence-electron chi connectivity index (χ0n) is 12.1. The number of amides is 1. The predicted molar refractivity (Wildman–Crippen MR) is 82.0 cm³/mol. The highest BCUT2D eigenvalue weighted by Crippen LogP contribution is 2.34. The first kappa shape index (κ1) is 13.8. The Morgan fingerprint density at radius 3 is 3.05 bits per heavy atom. The predicted octanol–water partition coefficient (Wildman–Crippen LogP) is 2.09. The Labute approximate surface area is 124 Å². The van der Waals surface area contributed by atoms with Crippen LogP contribution < -0.4 is 11.1 Å². The third kappa shape index (κ3) is 2.69. The maximum Gasteiger partial charge on any atom is 0.242 e. The van der Waals surface area contributed by atoms with Crippen molar-refractivity contribution in [2.75, 3.05) is 5.32 Å². The first-order valence-electron chi connectivity index (χ1n) is 7.34. The second-order valence-electron chi connectivity index (χ2n) is 5.55. The number of hydrogen-bond donors (Lipinski definition) is 2. The van der Waals surface area contributed by atoms with E-state index in [9.17, 15) is 4.79 Å². The summed E-state index contributed by atoms with van der Waals surface area (Å²) in [6, 6.07) is 9.91. The van der Waals surface area contributed by atoms with Gasteiger partial charge in [0.15, 0.2) is 0 Å². The van der Waals surface area contributed by atoms with Gasteiger partial charge in [-0.1, -0.05) is 24.3 Å². The number of nitrogens with one attached hydrogen (secondary N) is 1. The number of benzene rings is 1. The fraction of sp³-hybridized carbons (Fsp3) is 0.375. The maximum absolute atomic E-state index is 11.8. The third-order valence-corrected chi connectivity index (χ3v) is 3.97. The van der Waals surface area contributed by atoms with Crippen LogP contribution in [-0.2, 0) is 11.2 Å². The molecule has 110 valence electrons. The van der Waals surface area contributed by atoms with E-state index in [-0.39, 0.29) is 11.9 Å². The Morgan fingerprint density at radius 2 is 2.24 bits per heavy atom. The van der Waals surface area contributed by atoms with Crippen LogP contribution in [-0.4, -0.2) is 21.7 Å². The number of carbonyl (C=O) groups is 1. The Kier molecular flexibility index (Phi) is 3.75. The van der Waals surface area contributed by atoms with Crippen molar-refractivity contribution < 1.29 is 4.79 Å². The van der Waals surface area contributed by atoms with Gasteiger partial charge in [-0.15, -0.1) is 0 Å². The second kappa shape index (κ2) is 5.69. The van der Waals surface area contributed by atoms with Gasteiger partial charge in [-0.25, -0.2) is 4.68 Å². The molecule has 1 aliphatic rings. The van der Waals surface area contributed by atoms with Crippen LogP contribution in [0.3, 0.4) is 0 Å². The Bertz CT molecular complexity index is 647. The van der Waals surface area contributed by atoms with Crippen LogP contribution in [0.5, 0.6) is 0 Å². The molecule has 0 saturated heterocycles. The van der Waals surface area contributed by atoms with Gasteiger partial charge in [-0.2, -0.15) is 5.10 Å². The molecule has 0 saturated carbocycles. The molecule has 1 aromatic heterocycles. The summed E-state index contributed by atoms with van der Waals surface area (Å²) in [4.78, 5) is 11.8. The van der Waals surface area contributed by atoms with Gasteiger partial charge in [0.1, 0.15) is 5.82 Å². The van der Waals surface area contributed by atoms with E-state index in [0.29, 0.717) is 5.82 Å². The summed E-state index contributed by atoms with van der Waals surface area (Å²) < 4.78 is 1.90. The summed E-state index contributed by atoms with van der Waals surface area (Å²) in [5.74, 6) is 0.514. The third-order valence-electron chi connectivity index (χ3n) is 3.97. The van der Waals surface area contributed by atoms with Gasteiger partial charge in [0.05, 0.1) is 18.3 Å². The van der Waals surface area contributed by atoms with Crippen molar-refractivity contribution in [3.63, 3.8) is 0 Å². The molecule has 3 rings (SSSR count). The molecule has 5 nitrogen and oxygen atoms in total. The highest BCUT2D eigenvalue weighted by Gasteiger charge is 2.24. The molecule has 5 heteroatoms. The molecule has 2 atom stereocenters. The van der Waals surface area contributed by atoms with Gasteiger partial charge in [0, 0.05) is 6.07 Å². The SMILES string of the molecule is CC(N)C(=O)Nc1ccnn1C1CCCc2ccccc21. The van der Waals surface area contributed by atoms with E-state index < -0.39 is 6.04 Å². The molecular weight excluding hydrogens is 264 g/mol. The molecule has 21 heavy (non-hydrogen) atoms. The van der Waals surface area contributed by atoms with Crippen molar-refractivity contribution in [1.29, 1.82) is 0 Å². The average Bonchev–Trinajstić information content (AvgIpc) is 2.94. The molecule has 1 aliphatic carbocycles. The van der Waals surface area contributed by atoms with Crippen LogP contribution in [0.1, 0.15) is 36.9 Å². The Morgan fingerprint density at radius 1 is 1.43 bits per heavy atom. The van der Waals surface area contributed by atoms with E-state index in [4.69, 9.17) is 5.73 Å². The van der Waals surface area contributed by atoms with Crippen LogP contribution in [0.4, 0.5) is 5.82 Å². The van der Waals surface area contributed by atoms with Crippen LogP contribution in [0, 0.1) is 0 Å². The van der Waals surface area contributed by atoms with Crippen LogP contribution in [0.25, 0.3) is 0 Å². The molecule has 0 fully saturated rings. The summed E-state index contributed by atoms with van der Waals surface area (Å²) in [5.41, 5.74) is 8.28. The standard InChI is InChI=1S/C16H20N4O/c1-11(17)16(21)19-15-9-10-18-20(15)14-8-4-6-12-5-2-3-7-13(12)14/h2-3,5,7,9-11,14H,4,6,8,17H2,1H3,(H,19,21). The topological polar surface area (TPSA) is 72.9 Å². The van der Waals surface area contributed by atoms with Crippen LogP contribution in [0.2, 0.25) is 0 Å². The minimum Gasteiger partial charge on any atom is -0.320 e. The summed E-state index contributed by atoms with van der Waals surface area (Å²) in [5, 5.41) is 7.27. The summed E-state index contributed by atoms with van der Waals surface area (Å²) in [6.07, 6.45) is 4.98. The largest absolute Gasteiger partial charge is 0.320 e. The number of carbonyl (C=O) groups excluding carboxylic acids is 1. The van der Waals surface area contributed by atoms with Gasteiger partial charge >= 0.3 is 0 Å². The summed E-state index contributed by atoms with van der Waals surface area (Å²) in [7, 11) is 0. The molecule has 2 aromatic rings. The number of hydrogen-bond acceptors (Lipinski definition) is 3. The van der Waals surface area contributed by atoms with Gasteiger partial charge in [-0.05, 0) is 37.3 Å². The van der Waals surface area contributed by atoms with E-state index in [1.807, 2.05) is 10.7 Å². The van der Waals surface area contributed by atoms with Crippen molar-refractivity contribution in [3.05, 3.63) is 47.7 Å². The first-order chi connectivity index (χ1) is 10.2. The molecule has 0 aliphatic heterocycles. The summed E-state index contributed by atoms with van der Waals surface area (Å²) in [6.45, 7) is 1.67. The smallest absolute Gasteiger partial charge is 0.242 e. The fourth-order valence-electron chi connectivity index (χ4n) is 2.88. The number of aromatic nitrogens is 2. The minimum atomic E-state index is -0.535. The van der Waals surface area contributed by atoms with Crippen molar-refractivity contribution in [3.8, 4) is 0 Å². The molecule has 1 aromatic carbocycles. The lowest BCUT2D eigenvalue weighted by atomic mass is 9.88. The summed E-state index contributed by atoms with van der Waals surface area (Å²) >= 11 is 0. The number of nitrogens with two attached hydrogens (primary N) is 1. The maximum atomic E-state index is 11.8. The fourth-order valence-corrected chi connectivity index (χ4v) is 2.88. The van der Waals surface area contributed by atoms with E-state index >= 15 is 0 Å². The van der Waals surface area contributed by atoms with Crippen molar-refractivity contribution >= 4 is 11.7 Å². The van der Waals surface area contributed by atoms with E-state index in [2.05, 4.69) is 34.7 Å². The number of anilines is 1. The quantitative estimate of drug-likeness (QED) is 0.906.